The molecule has 0 saturated heterocycles. The number of hydrogen-bond donors (Lipinski definition) is 3. The number of hydrogen-bond acceptors (Lipinski definition) is 2. The fourth-order valence-electron chi connectivity index (χ4n) is 5.06. The Labute approximate surface area is 247 Å². The lowest BCUT2D eigenvalue weighted by Crippen LogP contribution is -2.45. The summed E-state index contributed by atoms with van der Waals surface area (Å²) in [5.41, 5.74) is 6.85. The van der Waals surface area contributed by atoms with Gasteiger partial charge >= 0.3 is 6.09 Å². The first-order valence-electron chi connectivity index (χ1n) is 12.2. The zero-order valence-electron chi connectivity index (χ0n) is 22.2. The zero-order valence-corrected chi connectivity index (χ0v) is 24.6. The predicted molar refractivity (Wildman–Crippen MR) is 163 cm³/mol. The Kier molecular flexibility index (Phi) is 9.09. The molecule has 0 aromatic heterocycles. The second kappa shape index (κ2) is 11.6. The van der Waals surface area contributed by atoms with Crippen LogP contribution in [-0.4, -0.2) is 29.2 Å². The van der Waals surface area contributed by atoms with Gasteiger partial charge in [0.05, 0.1) is 21.4 Å². The molecule has 11 heteroatoms. The van der Waals surface area contributed by atoms with Gasteiger partial charge in [0, 0.05) is 28.8 Å². The number of anilines is 2. The standard InChI is InChI=1S/C15H15ClFNO2.C14H13ClFN3.ClH/c1-15(2,3)18(14(19)20)10-7-9-5-4-6-11(16)13(9)12(17)8-10;1-7-6-19(14(17)18)11-5-10(16)13-8(12(7)11)3-2-4-9(13)15;/h4-8H,1-3H3,(H,19,20);2-5,7H,6H2,1H3,(H3,17,18);1H. The number of nitrogens with zero attached hydrogens (tertiary/aromatic N) is 2. The topological polar surface area (TPSA) is 93.7 Å². The molecule has 4 aromatic carbocycles. The van der Waals surface area contributed by atoms with Crippen LogP contribution in [0, 0.1) is 17.0 Å². The lowest BCUT2D eigenvalue weighted by molar-refractivity contribution is 0.195. The van der Waals surface area contributed by atoms with Crippen molar-refractivity contribution in [2.24, 2.45) is 5.73 Å². The molecule has 1 unspecified atom stereocenters. The van der Waals surface area contributed by atoms with Gasteiger partial charge in [0.25, 0.3) is 0 Å². The number of carboxylic acid groups (broad SMARTS) is 1. The summed E-state index contributed by atoms with van der Waals surface area (Å²) in [7, 11) is 0. The Morgan fingerprint density at radius 2 is 1.62 bits per heavy atom. The van der Waals surface area contributed by atoms with Crippen LogP contribution >= 0.6 is 35.6 Å². The molecule has 40 heavy (non-hydrogen) atoms. The van der Waals surface area contributed by atoms with Gasteiger partial charge in [0.2, 0.25) is 0 Å². The SMILES string of the molecule is CC(C)(C)N(C(=O)O)c1cc(F)c2c(Cl)cccc2c1.CC1CN(C(=N)N)c2cc(F)c3c(Cl)cccc3c21.Cl. The van der Waals surface area contributed by atoms with Gasteiger partial charge in [-0.2, -0.15) is 0 Å². The Morgan fingerprint density at radius 1 is 1.05 bits per heavy atom. The Morgan fingerprint density at radius 3 is 2.20 bits per heavy atom. The number of nitrogens with two attached hydrogens (primary N) is 1. The van der Waals surface area contributed by atoms with Crippen molar-refractivity contribution in [3.63, 3.8) is 0 Å². The molecule has 1 heterocycles. The maximum Gasteiger partial charge on any atom is 0.412 e. The normalized spacial score (nSPS) is 14.3. The first kappa shape index (κ1) is 31.2. The third kappa shape index (κ3) is 5.75. The van der Waals surface area contributed by atoms with E-state index in [4.69, 9.17) is 34.3 Å². The number of carbonyl (C=O) groups is 1. The molecule has 0 aliphatic carbocycles. The minimum atomic E-state index is -1.13. The van der Waals surface area contributed by atoms with Crippen molar-refractivity contribution in [2.75, 3.05) is 16.3 Å². The average molecular weight is 610 g/mol. The van der Waals surface area contributed by atoms with Crippen molar-refractivity contribution in [1.29, 1.82) is 5.41 Å². The maximum absolute atomic E-state index is 14.2. The molecule has 6 nitrogen and oxygen atoms in total. The van der Waals surface area contributed by atoms with E-state index in [9.17, 15) is 18.7 Å². The number of fused-ring (bicyclic) bond motifs is 4. The van der Waals surface area contributed by atoms with Gasteiger partial charge in [0.1, 0.15) is 11.6 Å². The summed E-state index contributed by atoms with van der Waals surface area (Å²) < 4.78 is 28.5. The molecule has 4 N–H and O–H groups in total. The lowest BCUT2D eigenvalue weighted by Gasteiger charge is -2.33. The Balaban J connectivity index is 0.000000215. The van der Waals surface area contributed by atoms with E-state index < -0.39 is 17.4 Å². The van der Waals surface area contributed by atoms with E-state index in [0.29, 0.717) is 38.4 Å². The molecule has 0 saturated carbocycles. The van der Waals surface area contributed by atoms with E-state index in [0.717, 1.165) is 15.8 Å². The van der Waals surface area contributed by atoms with Crippen molar-refractivity contribution in [1.82, 2.24) is 0 Å². The minimum absolute atomic E-state index is 0. The zero-order chi connectivity index (χ0) is 28.8. The van der Waals surface area contributed by atoms with Gasteiger partial charge in [0.15, 0.2) is 5.96 Å². The van der Waals surface area contributed by atoms with Crippen molar-refractivity contribution in [2.45, 2.75) is 39.2 Å². The monoisotopic (exact) mass is 608 g/mol. The highest BCUT2D eigenvalue weighted by molar-refractivity contribution is 6.36. The van der Waals surface area contributed by atoms with Crippen molar-refractivity contribution in [3.05, 3.63) is 81.8 Å². The summed E-state index contributed by atoms with van der Waals surface area (Å²) in [5, 5.41) is 19.8. The molecule has 0 radical (unpaired) electrons. The summed E-state index contributed by atoms with van der Waals surface area (Å²) >= 11 is 12.1. The van der Waals surface area contributed by atoms with Gasteiger partial charge in [-0.3, -0.25) is 10.3 Å². The molecule has 5 rings (SSSR count). The first-order valence-corrected chi connectivity index (χ1v) is 12.9. The van der Waals surface area contributed by atoms with Crippen LogP contribution in [0.15, 0.2) is 54.6 Å². The number of halogens is 5. The number of nitrogens with one attached hydrogen (secondary N) is 1. The molecule has 0 spiro atoms. The van der Waals surface area contributed by atoms with Crippen LogP contribution in [0.4, 0.5) is 25.0 Å². The van der Waals surface area contributed by atoms with Crippen LogP contribution in [0.5, 0.6) is 0 Å². The van der Waals surface area contributed by atoms with Crippen LogP contribution in [0.25, 0.3) is 21.5 Å². The fourth-order valence-corrected chi connectivity index (χ4v) is 5.60. The lowest BCUT2D eigenvalue weighted by atomic mass is 9.96. The van der Waals surface area contributed by atoms with Gasteiger partial charge in [-0.1, -0.05) is 54.4 Å². The predicted octanol–water partition coefficient (Wildman–Crippen LogP) is 8.79. The molecule has 4 aromatic rings. The molecule has 212 valence electrons. The Bertz CT molecular complexity index is 1630. The summed E-state index contributed by atoms with van der Waals surface area (Å²) in [6.45, 7) is 7.89. The average Bonchev–Trinajstić information content (AvgIpc) is 3.14. The van der Waals surface area contributed by atoms with Crippen LogP contribution in [0.1, 0.15) is 39.2 Å². The van der Waals surface area contributed by atoms with Crippen molar-refractivity contribution < 1.29 is 18.7 Å². The number of amides is 1. The third-order valence-electron chi connectivity index (χ3n) is 6.60. The van der Waals surface area contributed by atoms with Crippen LogP contribution in [-0.2, 0) is 0 Å². The number of benzene rings is 4. The molecule has 1 aliphatic heterocycles. The van der Waals surface area contributed by atoms with E-state index in [-0.39, 0.29) is 35.8 Å². The highest BCUT2D eigenvalue weighted by Crippen LogP contribution is 2.43. The molecule has 0 fully saturated rings. The van der Waals surface area contributed by atoms with Gasteiger partial charge in [-0.05, 0) is 67.4 Å². The largest absolute Gasteiger partial charge is 0.465 e. The number of rotatable bonds is 1. The Hall–Kier alpha value is -3.33. The van der Waals surface area contributed by atoms with Crippen molar-refractivity contribution in [3.8, 4) is 0 Å². The van der Waals surface area contributed by atoms with Crippen molar-refractivity contribution >= 4 is 80.6 Å². The van der Waals surface area contributed by atoms with Gasteiger partial charge < -0.3 is 15.7 Å². The minimum Gasteiger partial charge on any atom is -0.465 e. The third-order valence-corrected chi connectivity index (χ3v) is 7.23. The van der Waals surface area contributed by atoms with Crippen LogP contribution in [0.3, 0.4) is 0 Å². The molecular formula is C29H29Cl3F2N4O2. The molecular weight excluding hydrogens is 581 g/mol. The first-order chi connectivity index (χ1) is 18.2. The molecule has 0 bridgehead atoms. The quantitative estimate of drug-likeness (QED) is 0.149. The van der Waals surface area contributed by atoms with Crippen LogP contribution in [0.2, 0.25) is 10.0 Å². The summed E-state index contributed by atoms with van der Waals surface area (Å²) in [5.74, 6) is -0.787. The second-order valence-corrected chi connectivity index (χ2v) is 11.2. The second-order valence-electron chi connectivity index (χ2n) is 10.4. The molecule has 1 amide bonds. The highest BCUT2D eigenvalue weighted by Gasteiger charge is 2.31. The van der Waals surface area contributed by atoms with E-state index in [1.165, 1.54) is 12.1 Å². The fraction of sp³-hybridized carbons (Fsp3) is 0.241. The summed E-state index contributed by atoms with van der Waals surface area (Å²) in [6, 6.07) is 14.6. The summed E-state index contributed by atoms with van der Waals surface area (Å²) in [4.78, 5) is 14.2. The smallest absolute Gasteiger partial charge is 0.412 e. The van der Waals surface area contributed by atoms with E-state index in [2.05, 4.69) is 0 Å². The summed E-state index contributed by atoms with van der Waals surface area (Å²) in [6.07, 6.45) is -1.13. The molecule has 1 atom stereocenters. The van der Waals surface area contributed by atoms with Gasteiger partial charge in [-0.15, -0.1) is 12.4 Å². The molecule has 1 aliphatic rings. The van der Waals surface area contributed by atoms with Crippen LogP contribution < -0.4 is 15.5 Å². The highest BCUT2D eigenvalue weighted by atomic mass is 35.5. The van der Waals surface area contributed by atoms with Gasteiger partial charge in [-0.25, -0.2) is 13.6 Å². The van der Waals surface area contributed by atoms with E-state index >= 15 is 0 Å². The van der Waals surface area contributed by atoms with E-state index in [1.54, 1.807) is 56.0 Å². The number of guanidine groups is 1. The van der Waals surface area contributed by atoms with E-state index in [1.807, 2.05) is 19.1 Å². The maximum atomic E-state index is 14.2.